The highest BCUT2D eigenvalue weighted by molar-refractivity contribution is 4.97. The molecule has 0 aromatic heterocycles. The molecule has 2 heteroatoms. The predicted octanol–water partition coefficient (Wildman–Crippen LogP) is 2.19. The largest absolute Gasteiger partial charge is 0.395 e. The van der Waals surface area contributed by atoms with E-state index in [-0.39, 0.29) is 0 Å². The highest BCUT2D eigenvalue weighted by atomic mass is 16.3. The highest BCUT2D eigenvalue weighted by Gasteiger charge is 2.19. The summed E-state index contributed by atoms with van der Waals surface area (Å²) in [6.45, 7) is 8.60. The summed E-state index contributed by atoms with van der Waals surface area (Å²) in [7, 11) is 0. The van der Waals surface area contributed by atoms with Crippen molar-refractivity contribution in [3.8, 4) is 0 Å². The topological polar surface area (TPSA) is 23.5 Å². The molecule has 0 bridgehead atoms. The summed E-state index contributed by atoms with van der Waals surface area (Å²) in [5.74, 6) is 0. The Labute approximate surface area is 87.6 Å². The van der Waals surface area contributed by atoms with Crippen LogP contribution in [0.2, 0.25) is 0 Å². The second kappa shape index (κ2) is 6.20. The van der Waals surface area contributed by atoms with E-state index in [1.807, 2.05) is 0 Å². The van der Waals surface area contributed by atoms with Crippen molar-refractivity contribution in [2.24, 2.45) is 0 Å². The lowest BCUT2D eigenvalue weighted by Gasteiger charge is -2.28. The van der Waals surface area contributed by atoms with Gasteiger partial charge in [-0.25, -0.2) is 0 Å². The van der Waals surface area contributed by atoms with E-state index in [1.54, 1.807) is 0 Å². The first kappa shape index (κ1) is 11.7. The summed E-state index contributed by atoms with van der Waals surface area (Å²) in [6, 6.07) is 0.376. The number of rotatable bonds is 4. The molecule has 0 amide bonds. The van der Waals surface area contributed by atoms with Gasteiger partial charge in [0.25, 0.3) is 0 Å². The van der Waals surface area contributed by atoms with Crippen LogP contribution in [0.5, 0.6) is 0 Å². The number of hydrogen-bond acceptors (Lipinski definition) is 2. The van der Waals surface area contributed by atoms with Crippen LogP contribution in [0.1, 0.15) is 39.0 Å². The average Bonchev–Trinajstić information content (AvgIpc) is 2.42. The van der Waals surface area contributed by atoms with Crippen LogP contribution in [0.25, 0.3) is 0 Å². The van der Waals surface area contributed by atoms with Crippen molar-refractivity contribution in [3.05, 3.63) is 12.2 Å². The molecule has 0 saturated carbocycles. The first-order chi connectivity index (χ1) is 6.77. The lowest BCUT2D eigenvalue weighted by atomic mass is 10.1. The molecule has 1 atom stereocenters. The maximum atomic E-state index is 9.30. The van der Waals surface area contributed by atoms with E-state index >= 15 is 0 Å². The Morgan fingerprint density at radius 2 is 2.21 bits per heavy atom. The van der Waals surface area contributed by atoms with Crippen LogP contribution in [0.4, 0.5) is 0 Å². The Bertz CT molecular complexity index is 179. The van der Waals surface area contributed by atoms with Crippen LogP contribution in [-0.2, 0) is 0 Å². The molecule has 0 aliphatic carbocycles. The van der Waals surface area contributed by atoms with E-state index < -0.39 is 0 Å². The van der Waals surface area contributed by atoms with Gasteiger partial charge in [0, 0.05) is 12.6 Å². The molecule has 0 aromatic rings. The van der Waals surface area contributed by atoms with Gasteiger partial charge in [0.05, 0.1) is 6.61 Å². The Morgan fingerprint density at radius 1 is 1.43 bits per heavy atom. The minimum atomic E-state index is 0.303. The highest BCUT2D eigenvalue weighted by Crippen LogP contribution is 2.17. The quantitative estimate of drug-likeness (QED) is 0.698. The van der Waals surface area contributed by atoms with Crippen LogP contribution in [0.3, 0.4) is 0 Å². The molecule has 1 saturated heterocycles. The molecular weight excluding hydrogens is 174 g/mol. The SMILES string of the molecule is C=C(CC)CN1CCCCCC1CO. The first-order valence-electron chi connectivity index (χ1n) is 5.79. The fraction of sp³-hybridized carbons (Fsp3) is 0.833. The average molecular weight is 197 g/mol. The Balaban J connectivity index is 2.47. The molecule has 1 heterocycles. The monoisotopic (exact) mass is 197 g/mol. The van der Waals surface area contributed by atoms with Gasteiger partial charge < -0.3 is 5.11 Å². The maximum absolute atomic E-state index is 9.30. The van der Waals surface area contributed by atoms with Crippen LogP contribution in [0.15, 0.2) is 12.2 Å². The zero-order valence-electron chi connectivity index (χ0n) is 9.34. The molecule has 2 nitrogen and oxygen atoms in total. The molecule has 1 aliphatic heterocycles. The van der Waals surface area contributed by atoms with Gasteiger partial charge in [0.2, 0.25) is 0 Å². The summed E-state index contributed by atoms with van der Waals surface area (Å²) >= 11 is 0. The molecular formula is C12H23NO. The molecule has 1 N–H and O–H groups in total. The Kier molecular flexibility index (Phi) is 5.20. The number of aliphatic hydroxyl groups excluding tert-OH is 1. The van der Waals surface area contributed by atoms with Crippen LogP contribution in [-0.4, -0.2) is 35.7 Å². The summed E-state index contributed by atoms with van der Waals surface area (Å²) < 4.78 is 0. The fourth-order valence-corrected chi connectivity index (χ4v) is 2.05. The van der Waals surface area contributed by atoms with E-state index in [2.05, 4.69) is 18.4 Å². The van der Waals surface area contributed by atoms with Crippen molar-refractivity contribution in [2.45, 2.75) is 45.1 Å². The third-order valence-electron chi connectivity index (χ3n) is 3.14. The molecule has 82 valence electrons. The van der Waals surface area contributed by atoms with Crippen molar-refractivity contribution in [3.63, 3.8) is 0 Å². The van der Waals surface area contributed by atoms with Gasteiger partial charge in [-0.3, -0.25) is 4.90 Å². The van der Waals surface area contributed by atoms with Crippen molar-refractivity contribution in [2.75, 3.05) is 19.7 Å². The van der Waals surface area contributed by atoms with Gasteiger partial charge in [-0.1, -0.05) is 31.9 Å². The van der Waals surface area contributed by atoms with E-state index in [4.69, 9.17) is 0 Å². The Hall–Kier alpha value is -0.340. The number of nitrogens with zero attached hydrogens (tertiary/aromatic N) is 1. The zero-order valence-corrected chi connectivity index (χ0v) is 9.34. The van der Waals surface area contributed by atoms with E-state index in [9.17, 15) is 5.11 Å². The molecule has 1 rings (SSSR count). The van der Waals surface area contributed by atoms with Crippen LogP contribution in [0, 0.1) is 0 Å². The third kappa shape index (κ3) is 3.43. The fourth-order valence-electron chi connectivity index (χ4n) is 2.05. The smallest absolute Gasteiger partial charge is 0.0586 e. The van der Waals surface area contributed by atoms with Crippen molar-refractivity contribution in [1.82, 2.24) is 4.90 Å². The molecule has 0 aromatic carbocycles. The van der Waals surface area contributed by atoms with Gasteiger partial charge >= 0.3 is 0 Å². The second-order valence-corrected chi connectivity index (χ2v) is 4.26. The summed E-state index contributed by atoms with van der Waals surface area (Å²) in [4.78, 5) is 2.40. The van der Waals surface area contributed by atoms with Gasteiger partial charge in [0.15, 0.2) is 0 Å². The number of hydrogen-bond donors (Lipinski definition) is 1. The lowest BCUT2D eigenvalue weighted by Crippen LogP contribution is -2.38. The number of aliphatic hydroxyl groups is 1. The maximum Gasteiger partial charge on any atom is 0.0586 e. The van der Waals surface area contributed by atoms with Crippen LogP contribution < -0.4 is 0 Å². The predicted molar refractivity (Wildman–Crippen MR) is 60.3 cm³/mol. The van der Waals surface area contributed by atoms with Gasteiger partial charge in [-0.15, -0.1) is 0 Å². The molecule has 0 spiro atoms. The van der Waals surface area contributed by atoms with Crippen molar-refractivity contribution < 1.29 is 5.11 Å². The molecule has 0 radical (unpaired) electrons. The van der Waals surface area contributed by atoms with Gasteiger partial charge in [-0.2, -0.15) is 0 Å². The molecule has 1 fully saturated rings. The zero-order chi connectivity index (χ0) is 10.4. The minimum Gasteiger partial charge on any atom is -0.395 e. The minimum absolute atomic E-state index is 0.303. The second-order valence-electron chi connectivity index (χ2n) is 4.26. The first-order valence-corrected chi connectivity index (χ1v) is 5.79. The Morgan fingerprint density at radius 3 is 2.86 bits per heavy atom. The van der Waals surface area contributed by atoms with Crippen molar-refractivity contribution in [1.29, 1.82) is 0 Å². The standard InChI is InChI=1S/C12H23NO/c1-3-11(2)9-13-8-6-4-5-7-12(13)10-14/h12,14H,2-10H2,1H3. The van der Waals surface area contributed by atoms with Crippen LogP contribution >= 0.6 is 0 Å². The molecule has 1 aliphatic rings. The molecule has 14 heavy (non-hydrogen) atoms. The lowest BCUT2D eigenvalue weighted by molar-refractivity contribution is 0.133. The summed E-state index contributed by atoms with van der Waals surface area (Å²) in [6.07, 6.45) is 6.04. The third-order valence-corrected chi connectivity index (χ3v) is 3.14. The van der Waals surface area contributed by atoms with E-state index in [0.717, 1.165) is 25.9 Å². The normalized spacial score (nSPS) is 24.6. The van der Waals surface area contributed by atoms with Gasteiger partial charge in [0.1, 0.15) is 0 Å². The van der Waals surface area contributed by atoms with E-state index in [1.165, 1.54) is 24.8 Å². The molecule has 1 unspecified atom stereocenters. The van der Waals surface area contributed by atoms with Gasteiger partial charge in [-0.05, 0) is 25.8 Å². The van der Waals surface area contributed by atoms with E-state index in [0.29, 0.717) is 12.6 Å². The van der Waals surface area contributed by atoms with Crippen molar-refractivity contribution >= 4 is 0 Å². The summed E-state index contributed by atoms with van der Waals surface area (Å²) in [5, 5.41) is 9.30. The summed E-state index contributed by atoms with van der Waals surface area (Å²) in [5.41, 5.74) is 1.28. The number of likely N-dealkylation sites (tertiary alicyclic amines) is 1.